The summed E-state index contributed by atoms with van der Waals surface area (Å²) >= 11 is 17.7. The van der Waals surface area contributed by atoms with Gasteiger partial charge in [-0.15, -0.1) is 11.3 Å². The number of carboxylic acid groups (broad SMARTS) is 1. The van der Waals surface area contributed by atoms with Gasteiger partial charge in [-0.2, -0.15) is 0 Å². The van der Waals surface area contributed by atoms with E-state index in [4.69, 9.17) is 44.6 Å². The van der Waals surface area contributed by atoms with E-state index >= 15 is 0 Å². The fourth-order valence-corrected chi connectivity index (χ4v) is 2.62. The molecule has 0 fully saturated rings. The molecule has 0 saturated carbocycles. The van der Waals surface area contributed by atoms with Crippen LogP contribution in [0.15, 0.2) is 39.2 Å². The number of aryl methyl sites for hydroxylation is 1. The zero-order valence-electron chi connectivity index (χ0n) is 12.1. The first-order chi connectivity index (χ1) is 11.3. The van der Waals surface area contributed by atoms with Crippen molar-refractivity contribution in [3.8, 4) is 11.5 Å². The minimum atomic E-state index is -1.10. The summed E-state index contributed by atoms with van der Waals surface area (Å²) in [6.45, 7) is 1.82. The van der Waals surface area contributed by atoms with Crippen LogP contribution >= 0.6 is 46.1 Å². The monoisotopic (exact) mass is 405 g/mol. The Morgan fingerprint density at radius 2 is 1.88 bits per heavy atom. The zero-order chi connectivity index (χ0) is 17.9. The summed E-state index contributed by atoms with van der Waals surface area (Å²) in [7, 11) is 0. The van der Waals surface area contributed by atoms with E-state index in [2.05, 4.69) is 5.32 Å². The van der Waals surface area contributed by atoms with Gasteiger partial charge in [-0.25, -0.2) is 4.79 Å². The van der Waals surface area contributed by atoms with E-state index in [1.54, 1.807) is 23.6 Å². The molecule has 1 heterocycles. The van der Waals surface area contributed by atoms with Gasteiger partial charge >= 0.3 is 5.97 Å². The van der Waals surface area contributed by atoms with Crippen molar-refractivity contribution >= 4 is 63.7 Å². The van der Waals surface area contributed by atoms with Gasteiger partial charge in [-0.05, 0) is 36.1 Å². The van der Waals surface area contributed by atoms with Crippen LogP contribution in [0, 0.1) is 6.92 Å². The van der Waals surface area contributed by atoms with E-state index < -0.39 is 11.9 Å². The molecule has 0 unspecified atom stereocenters. The number of benzene rings is 1. The molecule has 0 aliphatic rings. The Balaban J connectivity index is 2.34. The van der Waals surface area contributed by atoms with Crippen LogP contribution in [-0.2, 0) is 4.79 Å². The summed E-state index contributed by atoms with van der Waals surface area (Å²) in [5, 5.41) is 12.9. The van der Waals surface area contributed by atoms with Crippen LogP contribution in [0.4, 0.5) is 5.69 Å². The molecule has 24 heavy (non-hydrogen) atoms. The summed E-state index contributed by atoms with van der Waals surface area (Å²) in [5.41, 5.74) is 1.15. The molecule has 0 bridgehead atoms. The van der Waals surface area contributed by atoms with Crippen molar-refractivity contribution in [2.45, 2.75) is 6.92 Å². The molecule has 0 aliphatic heterocycles. The molecule has 5 nitrogen and oxygen atoms in total. The number of carbonyl (C=O) groups is 2. The van der Waals surface area contributed by atoms with Crippen LogP contribution in [0.25, 0.3) is 0 Å². The lowest BCUT2D eigenvalue weighted by Crippen LogP contribution is -2.12. The molecule has 1 aromatic carbocycles. The Morgan fingerprint density at radius 1 is 1.17 bits per heavy atom. The lowest BCUT2D eigenvalue weighted by Gasteiger charge is -2.13. The highest BCUT2D eigenvalue weighted by Crippen LogP contribution is 2.35. The number of amides is 1. The number of hydrogen-bond donors (Lipinski definition) is 2. The number of halogens is 3. The summed E-state index contributed by atoms with van der Waals surface area (Å²) in [5.74, 6) is -1.39. The largest absolute Gasteiger partial charge is 0.477 e. The minimum absolute atomic E-state index is 0.0505. The second-order valence-electron chi connectivity index (χ2n) is 4.55. The number of anilines is 1. The van der Waals surface area contributed by atoms with Gasteiger partial charge in [0, 0.05) is 0 Å². The lowest BCUT2D eigenvalue weighted by atomic mass is 10.2. The standard InChI is InChI=1S/C15H10Cl3NO4S/c1-7-2-3-9(23-10-4-5-24-12(10)15(21)22)8(6-7)19-14(20)11(16)13(17)18/h2-6H,1H3,(H,19,20)(H,21,22). The van der Waals surface area contributed by atoms with Gasteiger partial charge < -0.3 is 15.2 Å². The molecule has 0 spiro atoms. The van der Waals surface area contributed by atoms with Crippen molar-refractivity contribution in [3.63, 3.8) is 0 Å². The predicted molar refractivity (Wildman–Crippen MR) is 95.7 cm³/mol. The van der Waals surface area contributed by atoms with E-state index in [-0.39, 0.29) is 25.9 Å². The van der Waals surface area contributed by atoms with Gasteiger partial charge in [0.15, 0.2) is 16.4 Å². The van der Waals surface area contributed by atoms with Crippen LogP contribution in [0.1, 0.15) is 15.2 Å². The van der Waals surface area contributed by atoms with Crippen molar-refractivity contribution in [3.05, 3.63) is 49.6 Å². The zero-order valence-corrected chi connectivity index (χ0v) is 15.2. The maximum atomic E-state index is 12.0. The van der Waals surface area contributed by atoms with E-state index in [1.807, 2.05) is 6.92 Å². The number of rotatable bonds is 5. The van der Waals surface area contributed by atoms with Crippen molar-refractivity contribution in [1.82, 2.24) is 0 Å². The van der Waals surface area contributed by atoms with Gasteiger partial charge in [0.1, 0.15) is 9.52 Å². The van der Waals surface area contributed by atoms with Crippen molar-refractivity contribution in [2.24, 2.45) is 0 Å². The topological polar surface area (TPSA) is 75.6 Å². The number of ether oxygens (including phenoxy) is 1. The Kier molecular flexibility index (Phi) is 6.12. The van der Waals surface area contributed by atoms with Crippen molar-refractivity contribution in [1.29, 1.82) is 0 Å². The van der Waals surface area contributed by atoms with Gasteiger partial charge in [0.25, 0.3) is 5.91 Å². The van der Waals surface area contributed by atoms with Crippen molar-refractivity contribution in [2.75, 3.05) is 5.32 Å². The fourth-order valence-electron chi connectivity index (χ4n) is 1.75. The molecule has 9 heteroatoms. The average molecular weight is 407 g/mol. The van der Waals surface area contributed by atoms with E-state index in [1.165, 1.54) is 6.07 Å². The Morgan fingerprint density at radius 3 is 2.50 bits per heavy atom. The number of carboxylic acids is 1. The van der Waals surface area contributed by atoms with E-state index in [9.17, 15) is 9.59 Å². The number of hydrogen-bond acceptors (Lipinski definition) is 4. The first kappa shape index (κ1) is 18.6. The minimum Gasteiger partial charge on any atom is -0.477 e. The van der Waals surface area contributed by atoms with E-state index in [0.29, 0.717) is 5.69 Å². The quantitative estimate of drug-likeness (QED) is 0.654. The van der Waals surface area contributed by atoms with Crippen LogP contribution in [0.2, 0.25) is 0 Å². The third-order valence-electron chi connectivity index (χ3n) is 2.79. The Bertz CT molecular complexity index is 828. The number of thiophene rings is 1. The van der Waals surface area contributed by atoms with Crippen molar-refractivity contribution < 1.29 is 19.4 Å². The van der Waals surface area contributed by atoms with Crippen LogP contribution in [0.3, 0.4) is 0 Å². The molecular formula is C15H10Cl3NO4S. The fraction of sp³-hybridized carbons (Fsp3) is 0.0667. The van der Waals surface area contributed by atoms with Gasteiger partial charge in [0.05, 0.1) is 5.69 Å². The maximum absolute atomic E-state index is 12.0. The highest BCUT2D eigenvalue weighted by molar-refractivity contribution is 7.12. The second-order valence-corrected chi connectivity index (χ2v) is 6.79. The number of carbonyl (C=O) groups excluding carboxylic acids is 1. The van der Waals surface area contributed by atoms with Gasteiger partial charge in [-0.3, -0.25) is 4.79 Å². The SMILES string of the molecule is Cc1ccc(Oc2ccsc2C(=O)O)c(NC(=O)C(Cl)=C(Cl)Cl)c1. The Labute approximate surface area is 156 Å². The smallest absolute Gasteiger partial charge is 0.349 e. The molecule has 2 rings (SSSR count). The summed E-state index contributed by atoms with van der Waals surface area (Å²) in [6, 6.07) is 6.53. The second kappa shape index (κ2) is 7.90. The normalized spacial score (nSPS) is 10.2. The number of aromatic carboxylic acids is 1. The Hall–Kier alpha value is -1.73. The predicted octanol–water partition coefficient (Wildman–Crippen LogP) is 5.37. The third kappa shape index (κ3) is 4.42. The summed E-state index contributed by atoms with van der Waals surface area (Å²) in [6.07, 6.45) is 0. The molecular weight excluding hydrogens is 397 g/mol. The molecule has 2 aromatic rings. The maximum Gasteiger partial charge on any atom is 0.349 e. The molecule has 1 amide bonds. The van der Waals surface area contributed by atoms with Crippen LogP contribution in [0.5, 0.6) is 11.5 Å². The molecule has 0 atom stereocenters. The molecule has 126 valence electrons. The van der Waals surface area contributed by atoms with Crippen LogP contribution < -0.4 is 10.1 Å². The van der Waals surface area contributed by atoms with Gasteiger partial charge in [0.2, 0.25) is 0 Å². The first-order valence-electron chi connectivity index (χ1n) is 6.41. The molecule has 0 radical (unpaired) electrons. The molecule has 1 aromatic heterocycles. The molecule has 0 aliphatic carbocycles. The first-order valence-corrected chi connectivity index (χ1v) is 8.42. The van der Waals surface area contributed by atoms with E-state index in [0.717, 1.165) is 16.9 Å². The highest BCUT2D eigenvalue weighted by atomic mass is 35.5. The lowest BCUT2D eigenvalue weighted by molar-refractivity contribution is -0.112. The third-order valence-corrected chi connectivity index (χ3v) is 4.61. The van der Waals surface area contributed by atoms with Gasteiger partial charge in [-0.1, -0.05) is 40.9 Å². The summed E-state index contributed by atoms with van der Waals surface area (Å²) < 4.78 is 5.26. The number of nitrogens with one attached hydrogen (secondary N) is 1. The summed E-state index contributed by atoms with van der Waals surface area (Å²) in [4.78, 5) is 23.2. The average Bonchev–Trinajstić information content (AvgIpc) is 2.97. The highest BCUT2D eigenvalue weighted by Gasteiger charge is 2.17. The van der Waals surface area contributed by atoms with Crippen LogP contribution in [-0.4, -0.2) is 17.0 Å². The molecule has 2 N–H and O–H groups in total. The molecule has 0 saturated heterocycles.